The second-order valence-corrected chi connectivity index (χ2v) is 7.31. The Morgan fingerprint density at radius 1 is 1.22 bits per heavy atom. The third-order valence-electron chi connectivity index (χ3n) is 5.43. The molecule has 1 aliphatic heterocycles. The van der Waals surface area contributed by atoms with Crippen molar-refractivity contribution in [3.8, 4) is 11.5 Å². The molecule has 2 aromatic rings. The number of nitrogens with zero attached hydrogens (tertiary/aromatic N) is 3. The molecule has 7 heteroatoms. The van der Waals surface area contributed by atoms with Gasteiger partial charge in [0.2, 0.25) is 0 Å². The van der Waals surface area contributed by atoms with Crippen molar-refractivity contribution in [3.63, 3.8) is 0 Å². The fraction of sp³-hybridized carbons (Fsp3) is 0.500. The number of anilines is 1. The Hall–Kier alpha value is -2.70. The average Bonchev–Trinajstić information content (AvgIpc) is 3.18. The number of carbonyl (C=O) groups is 1. The molecule has 4 rings (SSSR count). The largest absolute Gasteiger partial charge is 0.497 e. The second-order valence-electron chi connectivity index (χ2n) is 7.31. The minimum absolute atomic E-state index is 0.0723. The van der Waals surface area contributed by atoms with Crippen LogP contribution in [0.25, 0.3) is 0 Å². The fourth-order valence-corrected chi connectivity index (χ4v) is 3.67. The van der Waals surface area contributed by atoms with E-state index in [0.29, 0.717) is 19.0 Å². The van der Waals surface area contributed by atoms with Crippen LogP contribution in [0.2, 0.25) is 0 Å². The lowest BCUT2D eigenvalue weighted by molar-refractivity contribution is 0.221. The predicted molar refractivity (Wildman–Crippen MR) is 102 cm³/mol. The van der Waals surface area contributed by atoms with Gasteiger partial charge in [-0.2, -0.15) is 5.10 Å². The van der Waals surface area contributed by atoms with Crippen molar-refractivity contribution < 1.29 is 14.3 Å². The molecule has 0 unspecified atom stereocenters. The standard InChI is InChI=1S/C20H26N4O3/c1-26-16-5-6-18(27-2)17(11-16)15-8-10-23(13-15)20(25)22-19-7-9-21-24(19)12-14-3-4-14/h5-7,9,11,14-15H,3-4,8,10,12-13H2,1-2H3,(H,22,25)/t15-/m1/s1. The SMILES string of the molecule is COc1ccc(OC)c([C@@H]2CCN(C(=O)Nc3ccnn3CC3CC3)C2)c1. The van der Waals surface area contributed by atoms with Gasteiger partial charge in [0.25, 0.3) is 0 Å². The third-order valence-corrected chi connectivity index (χ3v) is 5.43. The Kier molecular flexibility index (Phi) is 4.92. The maximum absolute atomic E-state index is 12.7. The summed E-state index contributed by atoms with van der Waals surface area (Å²) in [5.74, 6) is 3.35. The van der Waals surface area contributed by atoms with E-state index in [-0.39, 0.29) is 11.9 Å². The van der Waals surface area contributed by atoms with E-state index in [9.17, 15) is 4.79 Å². The number of carbonyl (C=O) groups excluding carboxylic acids is 1. The monoisotopic (exact) mass is 370 g/mol. The number of amides is 2. The number of hydrogen-bond donors (Lipinski definition) is 1. The van der Waals surface area contributed by atoms with E-state index in [1.165, 1.54) is 12.8 Å². The Morgan fingerprint density at radius 2 is 2.07 bits per heavy atom. The first-order valence-electron chi connectivity index (χ1n) is 9.47. The van der Waals surface area contributed by atoms with E-state index in [0.717, 1.165) is 35.8 Å². The van der Waals surface area contributed by atoms with Crippen molar-refractivity contribution in [1.82, 2.24) is 14.7 Å². The Labute approximate surface area is 159 Å². The first-order chi connectivity index (χ1) is 13.2. The highest BCUT2D eigenvalue weighted by atomic mass is 16.5. The van der Waals surface area contributed by atoms with E-state index in [1.807, 2.05) is 33.8 Å². The molecule has 1 atom stereocenters. The van der Waals surface area contributed by atoms with Gasteiger partial charge in [0, 0.05) is 37.2 Å². The molecule has 1 saturated carbocycles. The smallest absolute Gasteiger partial charge is 0.323 e. The van der Waals surface area contributed by atoms with Crippen molar-refractivity contribution in [2.24, 2.45) is 5.92 Å². The zero-order chi connectivity index (χ0) is 18.8. The summed E-state index contributed by atoms with van der Waals surface area (Å²) in [4.78, 5) is 14.6. The van der Waals surface area contributed by atoms with Gasteiger partial charge in [0.05, 0.1) is 20.4 Å². The molecular formula is C20H26N4O3. The predicted octanol–water partition coefficient (Wildman–Crippen LogP) is 3.33. The first kappa shape index (κ1) is 17.7. The van der Waals surface area contributed by atoms with Crippen LogP contribution in [0.3, 0.4) is 0 Å². The molecule has 1 saturated heterocycles. The summed E-state index contributed by atoms with van der Waals surface area (Å²) in [5.41, 5.74) is 1.09. The normalized spacial score (nSPS) is 19.2. The summed E-state index contributed by atoms with van der Waals surface area (Å²) in [6.07, 6.45) is 5.15. The van der Waals surface area contributed by atoms with E-state index in [2.05, 4.69) is 10.4 Å². The van der Waals surface area contributed by atoms with Crippen LogP contribution in [0, 0.1) is 5.92 Å². The highest BCUT2D eigenvalue weighted by Gasteiger charge is 2.30. The zero-order valence-corrected chi connectivity index (χ0v) is 15.9. The molecule has 0 bridgehead atoms. The van der Waals surface area contributed by atoms with Gasteiger partial charge in [-0.3, -0.25) is 5.32 Å². The molecule has 2 aliphatic rings. The molecule has 2 fully saturated rings. The van der Waals surface area contributed by atoms with Crippen LogP contribution in [0.4, 0.5) is 10.6 Å². The maximum atomic E-state index is 12.7. The van der Waals surface area contributed by atoms with Gasteiger partial charge in [-0.25, -0.2) is 9.48 Å². The highest BCUT2D eigenvalue weighted by Crippen LogP contribution is 2.36. The molecule has 7 nitrogen and oxygen atoms in total. The van der Waals surface area contributed by atoms with Crippen LogP contribution >= 0.6 is 0 Å². The summed E-state index contributed by atoms with van der Waals surface area (Å²) < 4.78 is 12.8. The van der Waals surface area contributed by atoms with Gasteiger partial charge >= 0.3 is 6.03 Å². The molecule has 0 spiro atoms. The van der Waals surface area contributed by atoms with Gasteiger partial charge in [-0.15, -0.1) is 0 Å². The van der Waals surface area contributed by atoms with Crippen LogP contribution in [0.1, 0.15) is 30.7 Å². The maximum Gasteiger partial charge on any atom is 0.323 e. The minimum atomic E-state index is -0.0723. The second kappa shape index (κ2) is 7.50. The average molecular weight is 370 g/mol. The number of likely N-dealkylation sites (tertiary alicyclic amines) is 1. The quantitative estimate of drug-likeness (QED) is 0.847. The number of rotatable bonds is 6. The number of methoxy groups -OCH3 is 2. The topological polar surface area (TPSA) is 68.6 Å². The fourth-order valence-electron chi connectivity index (χ4n) is 3.67. The molecule has 0 radical (unpaired) electrons. The van der Waals surface area contributed by atoms with Crippen molar-refractivity contribution >= 4 is 11.8 Å². The van der Waals surface area contributed by atoms with Crippen LogP contribution < -0.4 is 14.8 Å². The number of hydrogen-bond acceptors (Lipinski definition) is 4. The molecule has 27 heavy (non-hydrogen) atoms. The Bertz CT molecular complexity index is 815. The number of benzene rings is 1. The lowest BCUT2D eigenvalue weighted by Crippen LogP contribution is -2.33. The summed E-state index contributed by atoms with van der Waals surface area (Å²) in [5, 5.41) is 7.35. The highest BCUT2D eigenvalue weighted by molar-refractivity contribution is 5.88. The van der Waals surface area contributed by atoms with E-state index in [4.69, 9.17) is 9.47 Å². The van der Waals surface area contributed by atoms with Crippen LogP contribution in [0.5, 0.6) is 11.5 Å². The summed E-state index contributed by atoms with van der Waals surface area (Å²) >= 11 is 0. The van der Waals surface area contributed by atoms with E-state index in [1.54, 1.807) is 20.4 Å². The van der Waals surface area contributed by atoms with Crippen molar-refractivity contribution in [1.29, 1.82) is 0 Å². The van der Waals surface area contributed by atoms with Gasteiger partial charge < -0.3 is 14.4 Å². The number of nitrogens with one attached hydrogen (secondary N) is 1. The molecule has 144 valence electrons. The molecule has 1 N–H and O–H groups in total. The van der Waals surface area contributed by atoms with E-state index < -0.39 is 0 Å². The van der Waals surface area contributed by atoms with Gasteiger partial charge in [-0.1, -0.05) is 0 Å². The molecule has 1 aromatic heterocycles. The van der Waals surface area contributed by atoms with Gasteiger partial charge in [0.15, 0.2) is 0 Å². The third kappa shape index (κ3) is 3.86. The van der Waals surface area contributed by atoms with E-state index >= 15 is 0 Å². The van der Waals surface area contributed by atoms with Crippen LogP contribution in [-0.2, 0) is 6.54 Å². The number of ether oxygens (including phenoxy) is 2. The van der Waals surface area contributed by atoms with Crippen LogP contribution in [-0.4, -0.2) is 48.0 Å². The Morgan fingerprint density at radius 3 is 2.81 bits per heavy atom. The molecule has 1 aliphatic carbocycles. The lowest BCUT2D eigenvalue weighted by Gasteiger charge is -2.19. The minimum Gasteiger partial charge on any atom is -0.497 e. The number of aromatic nitrogens is 2. The summed E-state index contributed by atoms with van der Waals surface area (Å²) in [6, 6.07) is 7.61. The molecular weight excluding hydrogens is 344 g/mol. The summed E-state index contributed by atoms with van der Waals surface area (Å²) in [7, 11) is 3.33. The van der Waals surface area contributed by atoms with Crippen LogP contribution in [0.15, 0.2) is 30.5 Å². The number of urea groups is 1. The van der Waals surface area contributed by atoms with Crippen molar-refractivity contribution in [2.75, 3.05) is 32.6 Å². The Balaban J connectivity index is 1.42. The summed E-state index contributed by atoms with van der Waals surface area (Å²) in [6.45, 7) is 2.26. The van der Waals surface area contributed by atoms with Crippen molar-refractivity contribution in [2.45, 2.75) is 31.7 Å². The zero-order valence-electron chi connectivity index (χ0n) is 15.9. The van der Waals surface area contributed by atoms with Gasteiger partial charge in [0.1, 0.15) is 17.3 Å². The molecule has 1 aromatic carbocycles. The molecule has 2 amide bonds. The van der Waals surface area contributed by atoms with Gasteiger partial charge in [-0.05, 0) is 43.4 Å². The lowest BCUT2D eigenvalue weighted by atomic mass is 9.97. The molecule has 2 heterocycles. The first-order valence-corrected chi connectivity index (χ1v) is 9.47. The van der Waals surface area contributed by atoms with Crippen molar-refractivity contribution in [3.05, 3.63) is 36.0 Å².